The monoisotopic (exact) mass is 225 g/mol. The Labute approximate surface area is 85.2 Å². The van der Waals surface area contributed by atoms with E-state index in [1.165, 1.54) is 0 Å². The molecule has 1 heterocycles. The summed E-state index contributed by atoms with van der Waals surface area (Å²) < 4.78 is 30.3. The van der Waals surface area contributed by atoms with E-state index in [0.29, 0.717) is 15.2 Å². The van der Waals surface area contributed by atoms with Gasteiger partial charge in [-0.1, -0.05) is 24.3 Å². The summed E-state index contributed by atoms with van der Waals surface area (Å²) in [5.74, 6) is 0. The third-order valence-electron chi connectivity index (χ3n) is 1.68. The van der Waals surface area contributed by atoms with Crippen LogP contribution in [0.15, 0.2) is 34.9 Å². The number of aryl methyl sites for hydroxylation is 1. The summed E-state index contributed by atoms with van der Waals surface area (Å²) in [6.07, 6.45) is -0.0511. The lowest BCUT2D eigenvalue weighted by atomic mass is 10.1. The lowest BCUT2D eigenvalue weighted by Gasteiger charge is -2.01. The van der Waals surface area contributed by atoms with Gasteiger partial charge in [0, 0.05) is 25.8 Å². The van der Waals surface area contributed by atoms with E-state index in [1.807, 2.05) is 0 Å². The minimum atomic E-state index is -2.30. The molecule has 0 spiro atoms. The maximum Gasteiger partial charge on any atom is 0.0852 e. The number of hydrogen-bond donors (Lipinski definition) is 0. The van der Waals surface area contributed by atoms with Crippen molar-refractivity contribution in [1.29, 1.82) is 0 Å². The lowest BCUT2D eigenvalue weighted by Crippen LogP contribution is -1.83. The average Bonchev–Trinajstić information content (AvgIpc) is 2.22. The van der Waals surface area contributed by atoms with Crippen LogP contribution in [-0.2, 0) is 0 Å². The molecule has 0 aliphatic heterocycles. The summed E-state index contributed by atoms with van der Waals surface area (Å²) in [5.41, 5.74) is -0.0173. The second-order valence-corrected chi connectivity index (χ2v) is 3.22. The minimum absolute atomic E-state index is 0.0173. The fourth-order valence-electron chi connectivity index (χ4n) is 1.11. The number of halogens is 1. The molecule has 0 amide bonds. The average molecular weight is 226 g/mol. The Kier molecular flexibility index (Phi) is 1.05. The van der Waals surface area contributed by atoms with Gasteiger partial charge in [-0.15, -0.1) is 0 Å². The Morgan fingerprint density at radius 2 is 2.17 bits per heavy atom. The summed E-state index contributed by atoms with van der Waals surface area (Å²) in [6.45, 7) is -2.30. The van der Waals surface area contributed by atoms with Gasteiger partial charge in [-0.3, -0.25) is 4.98 Å². The Balaban J connectivity index is 2.91. The Bertz CT molecular complexity index is 550. The van der Waals surface area contributed by atoms with Crippen LogP contribution in [0.4, 0.5) is 0 Å². The molecule has 2 heteroatoms. The van der Waals surface area contributed by atoms with Crippen LogP contribution in [0.5, 0.6) is 0 Å². The minimum Gasteiger partial charge on any atom is -0.260 e. The number of fused-ring (bicyclic) bond motifs is 1. The molecule has 0 fully saturated rings. The van der Waals surface area contributed by atoms with Gasteiger partial charge in [0.1, 0.15) is 0 Å². The van der Waals surface area contributed by atoms with Crippen LogP contribution in [0.2, 0.25) is 0 Å². The molecule has 0 N–H and O–H groups in total. The number of benzene rings is 1. The van der Waals surface area contributed by atoms with Gasteiger partial charge < -0.3 is 0 Å². The van der Waals surface area contributed by atoms with E-state index in [4.69, 9.17) is 5.48 Å². The van der Waals surface area contributed by atoms with Crippen LogP contribution < -0.4 is 0 Å². The molecule has 2 rings (SSSR count). The molecule has 0 saturated heterocycles. The maximum absolute atomic E-state index is 7.61. The molecule has 12 heavy (non-hydrogen) atoms. The van der Waals surface area contributed by atoms with Crippen LogP contribution in [0.1, 0.15) is 11.2 Å². The smallest absolute Gasteiger partial charge is 0.0852 e. The third-order valence-corrected chi connectivity index (χ3v) is 2.29. The quantitative estimate of drug-likeness (QED) is 0.671. The molecule has 2 aromatic rings. The number of nitrogens with zero attached hydrogens (tertiary/aromatic N) is 1. The highest BCUT2D eigenvalue weighted by atomic mass is 79.9. The molecule has 1 aromatic heterocycles. The van der Waals surface area contributed by atoms with Gasteiger partial charge in [-0.05, 0) is 28.2 Å². The van der Waals surface area contributed by atoms with Crippen LogP contribution in [0, 0.1) is 6.85 Å². The second kappa shape index (κ2) is 2.87. The van der Waals surface area contributed by atoms with Gasteiger partial charge in [0.25, 0.3) is 0 Å². The zero-order valence-corrected chi connectivity index (χ0v) is 7.72. The van der Waals surface area contributed by atoms with E-state index in [1.54, 1.807) is 24.3 Å². The first-order valence-corrected chi connectivity index (χ1v) is 4.26. The van der Waals surface area contributed by atoms with E-state index in [0.717, 1.165) is 0 Å². The topological polar surface area (TPSA) is 12.9 Å². The molecule has 0 atom stereocenters. The molecule has 0 bridgehead atoms. The van der Waals surface area contributed by atoms with E-state index in [9.17, 15) is 0 Å². The predicted molar refractivity (Wildman–Crippen MR) is 54.2 cm³/mol. The van der Waals surface area contributed by atoms with E-state index >= 15 is 0 Å². The van der Waals surface area contributed by atoms with Crippen LogP contribution in [0.25, 0.3) is 10.8 Å². The van der Waals surface area contributed by atoms with Crippen molar-refractivity contribution in [2.45, 2.75) is 6.85 Å². The molecule has 0 radical (unpaired) electrons. The number of rotatable bonds is 0. The zero-order valence-electron chi connectivity index (χ0n) is 10.1. The molecular weight excluding hydrogens is 214 g/mol. The van der Waals surface area contributed by atoms with Crippen molar-refractivity contribution in [3.8, 4) is 0 Å². The summed E-state index contributed by atoms with van der Waals surface area (Å²) in [4.78, 5) is 3.83. The highest BCUT2D eigenvalue weighted by molar-refractivity contribution is 9.10. The van der Waals surface area contributed by atoms with E-state index in [2.05, 4.69) is 20.9 Å². The lowest BCUT2D eigenvalue weighted by molar-refractivity contribution is 1.23. The van der Waals surface area contributed by atoms with E-state index in [-0.39, 0.29) is 11.9 Å². The van der Waals surface area contributed by atoms with Crippen molar-refractivity contribution in [2.24, 2.45) is 0 Å². The highest BCUT2D eigenvalue weighted by Crippen LogP contribution is 2.24. The molecule has 0 unspecified atom stereocenters. The Morgan fingerprint density at radius 3 is 2.92 bits per heavy atom. The maximum atomic E-state index is 7.61. The van der Waals surface area contributed by atoms with Crippen LogP contribution >= 0.6 is 15.9 Å². The van der Waals surface area contributed by atoms with Crippen molar-refractivity contribution in [2.75, 3.05) is 0 Å². The first-order valence-electron chi connectivity index (χ1n) is 5.46. The molecule has 1 aromatic carbocycles. The Morgan fingerprint density at radius 1 is 1.42 bits per heavy atom. The molecule has 0 aliphatic rings. The first-order chi connectivity index (χ1) is 7.41. The summed E-state index contributed by atoms with van der Waals surface area (Å²) >= 11 is 3.25. The van der Waals surface area contributed by atoms with Crippen molar-refractivity contribution in [3.63, 3.8) is 0 Å². The van der Waals surface area contributed by atoms with Gasteiger partial charge in [0.05, 0.1) is 1.37 Å². The van der Waals surface area contributed by atoms with Crippen LogP contribution in [-0.4, -0.2) is 4.98 Å². The largest absolute Gasteiger partial charge is 0.260 e. The standard InChI is InChI=1S/C10H8BrN/c1-7-8-4-2-3-5-9(8)10(11)6-12-7/h2-6H,1H3/i1D3,6D. The molecule has 0 aliphatic carbocycles. The van der Waals surface area contributed by atoms with E-state index < -0.39 is 6.85 Å². The van der Waals surface area contributed by atoms with Crippen molar-refractivity contribution < 1.29 is 5.48 Å². The molecule has 0 saturated carbocycles. The Hall–Kier alpha value is -0.890. The summed E-state index contributed by atoms with van der Waals surface area (Å²) in [7, 11) is 0. The third kappa shape index (κ3) is 1.12. The number of pyridine rings is 1. The van der Waals surface area contributed by atoms with Crippen molar-refractivity contribution in [3.05, 3.63) is 40.6 Å². The fourth-order valence-corrected chi connectivity index (χ4v) is 1.54. The highest BCUT2D eigenvalue weighted by Gasteiger charge is 1.99. The number of hydrogen-bond acceptors (Lipinski definition) is 1. The van der Waals surface area contributed by atoms with Crippen molar-refractivity contribution in [1.82, 2.24) is 4.98 Å². The van der Waals surface area contributed by atoms with Gasteiger partial charge >= 0.3 is 0 Å². The van der Waals surface area contributed by atoms with Gasteiger partial charge in [0.15, 0.2) is 0 Å². The summed E-state index contributed by atoms with van der Waals surface area (Å²) in [5, 5.41) is 1.26. The van der Waals surface area contributed by atoms with Gasteiger partial charge in [-0.25, -0.2) is 0 Å². The normalized spacial score (nSPS) is 16.4. The van der Waals surface area contributed by atoms with Gasteiger partial charge in [0.2, 0.25) is 0 Å². The molecular formula is C10H8BrN. The second-order valence-electron chi connectivity index (χ2n) is 2.43. The first kappa shape index (κ1) is 4.38. The van der Waals surface area contributed by atoms with Gasteiger partial charge in [-0.2, -0.15) is 0 Å². The predicted octanol–water partition coefficient (Wildman–Crippen LogP) is 3.31. The number of aromatic nitrogens is 1. The van der Waals surface area contributed by atoms with Crippen LogP contribution in [0.3, 0.4) is 0 Å². The van der Waals surface area contributed by atoms with Crippen molar-refractivity contribution >= 4 is 26.7 Å². The SMILES string of the molecule is [2H]c1nc(C([2H])([2H])[2H])c2ccccc2c1Br. The zero-order chi connectivity index (χ0) is 11.9. The summed E-state index contributed by atoms with van der Waals surface area (Å²) in [6, 6.07) is 7.04. The molecule has 1 nitrogen and oxygen atoms in total. The molecule has 60 valence electrons. The fraction of sp³-hybridized carbons (Fsp3) is 0.100.